The molecule has 2 aliphatic rings. The minimum atomic E-state index is -0.667. The molecule has 0 saturated carbocycles. The number of amides is 6. The maximum Gasteiger partial charge on any atom is 0.407 e. The molecule has 2 aromatic rings. The van der Waals surface area contributed by atoms with Crippen LogP contribution in [0, 0.1) is 0 Å². The molecule has 4 rings (SSSR count). The van der Waals surface area contributed by atoms with Crippen LogP contribution in [0.1, 0.15) is 35.8 Å². The van der Waals surface area contributed by atoms with Crippen molar-refractivity contribution in [2.24, 2.45) is 10.7 Å². The van der Waals surface area contributed by atoms with Gasteiger partial charge in [-0.25, -0.2) is 24.8 Å². The van der Waals surface area contributed by atoms with Crippen LogP contribution >= 0.6 is 0 Å². The average Bonchev–Trinajstić information content (AvgIpc) is 3.62. The molecule has 0 fully saturated rings. The van der Waals surface area contributed by atoms with Gasteiger partial charge in [0.1, 0.15) is 25.3 Å². The number of hydrogen-bond donors (Lipinski definition) is 4. The van der Waals surface area contributed by atoms with Crippen LogP contribution in [0.4, 0.5) is 16.2 Å². The van der Waals surface area contributed by atoms with Gasteiger partial charge in [-0.1, -0.05) is 6.92 Å². The van der Waals surface area contributed by atoms with Crippen molar-refractivity contribution in [2.45, 2.75) is 19.8 Å². The van der Waals surface area contributed by atoms with Crippen LogP contribution in [-0.4, -0.2) is 238 Å². The van der Waals surface area contributed by atoms with E-state index in [-0.39, 0.29) is 76.0 Å². The maximum atomic E-state index is 13.5. The Kier molecular flexibility index (Phi) is 32.7. The lowest BCUT2D eigenvalue weighted by atomic mass is 10.1. The summed E-state index contributed by atoms with van der Waals surface area (Å²) in [5.41, 5.74) is 7.77. The first-order valence-electron chi connectivity index (χ1n) is 25.2. The van der Waals surface area contributed by atoms with Crippen LogP contribution in [0.2, 0.25) is 0 Å². The number of nitrogens with one attached hydrogen (secondary N) is 3. The third-order valence-electron chi connectivity index (χ3n) is 10.1. The molecule has 2 aromatic heterocycles. The van der Waals surface area contributed by atoms with E-state index in [1.807, 2.05) is 6.92 Å². The zero-order valence-electron chi connectivity index (χ0n) is 43.5. The van der Waals surface area contributed by atoms with Crippen molar-refractivity contribution in [3.05, 3.63) is 60.0 Å². The Morgan fingerprint density at radius 2 is 1.12 bits per heavy atom. The van der Waals surface area contributed by atoms with Crippen molar-refractivity contribution in [3.63, 3.8) is 0 Å². The molecule has 0 radical (unpaired) electrons. The lowest BCUT2D eigenvalue weighted by Crippen LogP contribution is -2.41. The van der Waals surface area contributed by atoms with Gasteiger partial charge in [0.25, 0.3) is 23.6 Å². The molecule has 2 aliphatic heterocycles. The number of alkyl carbamates (subject to hydrolysis) is 1. The van der Waals surface area contributed by atoms with Gasteiger partial charge in [-0.3, -0.25) is 38.7 Å². The largest absolute Gasteiger partial charge is 0.447 e. The third kappa shape index (κ3) is 28.0. The molecule has 426 valence electrons. The predicted molar refractivity (Wildman–Crippen MR) is 272 cm³/mol. The molecule has 0 spiro atoms. The molecule has 0 saturated heterocycles. The molecule has 0 unspecified atom stereocenters. The van der Waals surface area contributed by atoms with E-state index in [2.05, 4.69) is 35.9 Å². The number of aromatic nitrogens is 3. The number of anilines is 1. The molecule has 28 nitrogen and oxygen atoms in total. The molecule has 4 heterocycles. The summed E-state index contributed by atoms with van der Waals surface area (Å²) >= 11 is 0. The van der Waals surface area contributed by atoms with E-state index in [1.54, 1.807) is 6.08 Å². The Morgan fingerprint density at radius 1 is 0.636 bits per heavy atom. The Hall–Kier alpha value is -6.44. The molecule has 6 amide bonds. The Balaban J connectivity index is 0.841. The van der Waals surface area contributed by atoms with E-state index in [9.17, 15) is 28.8 Å². The first-order valence-corrected chi connectivity index (χ1v) is 25.2. The summed E-state index contributed by atoms with van der Waals surface area (Å²) in [6.45, 7) is 9.84. The fourth-order valence-electron chi connectivity index (χ4n) is 6.37. The SMILES string of the molecule is CCCN(OCCNC(=O)OCCOCCOCCOCCOCCOCCOCCOCCOCCOCCOCCNC(=O)CN1C(=O)C=CC1=O)C(=O)C1=Cc2ncc(C(=O)Nc3cncnc3)cc2N=C(N)C1. The summed E-state index contributed by atoms with van der Waals surface area (Å²) in [7, 11) is 0. The van der Waals surface area contributed by atoms with Gasteiger partial charge in [-0.15, -0.1) is 0 Å². The van der Waals surface area contributed by atoms with Crippen molar-refractivity contribution in [1.82, 2.24) is 35.5 Å². The zero-order chi connectivity index (χ0) is 55.0. The van der Waals surface area contributed by atoms with Crippen molar-refractivity contribution >= 4 is 58.9 Å². The third-order valence-corrected chi connectivity index (χ3v) is 10.1. The number of amidine groups is 1. The van der Waals surface area contributed by atoms with Gasteiger partial charge >= 0.3 is 6.09 Å². The van der Waals surface area contributed by atoms with Gasteiger partial charge in [0.2, 0.25) is 5.91 Å². The smallest absolute Gasteiger partial charge is 0.407 e. The fraction of sp³-hybridized carbons (Fsp3) is 0.592. The van der Waals surface area contributed by atoms with Crippen LogP contribution in [0.5, 0.6) is 0 Å². The molecular formula is C49H72N10O18. The number of rotatable bonds is 44. The topological polar surface area (TPSA) is 333 Å². The fourth-order valence-corrected chi connectivity index (χ4v) is 6.37. The van der Waals surface area contributed by atoms with E-state index in [1.165, 1.54) is 36.0 Å². The summed E-state index contributed by atoms with van der Waals surface area (Å²) in [5.74, 6) is -2.18. The quantitative estimate of drug-likeness (QED) is 0.0386. The van der Waals surface area contributed by atoms with E-state index in [0.29, 0.717) is 142 Å². The molecule has 0 atom stereocenters. The number of nitrogens with two attached hydrogens (primary N) is 1. The molecule has 0 aromatic carbocycles. The summed E-state index contributed by atoms with van der Waals surface area (Å²) < 4.78 is 59.8. The van der Waals surface area contributed by atoms with Gasteiger partial charge in [0, 0.05) is 50.0 Å². The number of fused-ring (bicyclic) bond motifs is 1. The molecule has 0 aliphatic carbocycles. The number of imide groups is 1. The second kappa shape index (κ2) is 39.9. The normalized spacial score (nSPS) is 13.0. The minimum Gasteiger partial charge on any atom is -0.447 e. The number of pyridine rings is 1. The van der Waals surface area contributed by atoms with E-state index in [0.717, 1.165) is 17.1 Å². The second-order valence-corrected chi connectivity index (χ2v) is 16.0. The number of hydrogen-bond acceptors (Lipinski definition) is 23. The molecule has 0 bridgehead atoms. The van der Waals surface area contributed by atoms with E-state index in [4.69, 9.17) is 62.7 Å². The Bertz CT molecular complexity index is 2150. The standard InChI is InChI=1S/C49H72N10O18/c1-2-7-59(48(64)38-30-41-42(57-43(50)32-38)31-39(33-55-41)47(63)56-40-34-51-37-52-35-40)77-9-6-54-49(65)76-29-28-75-27-26-74-25-24-73-23-22-72-21-20-71-19-18-70-17-16-69-15-14-68-13-12-67-11-10-66-8-5-53-44(60)36-58-45(61)3-4-46(58)62/h3-4,30-31,33-35,37H,2,5-29,32,36H2,1H3,(H2,50,57)(H,53,60)(H,54,65)(H,56,63). The molecule has 5 N–H and O–H groups in total. The highest BCUT2D eigenvalue weighted by Crippen LogP contribution is 2.27. The number of nitrogens with zero attached hydrogens (tertiary/aromatic N) is 6. The average molecular weight is 1090 g/mol. The Labute approximate surface area is 446 Å². The Morgan fingerprint density at radius 3 is 1.62 bits per heavy atom. The van der Waals surface area contributed by atoms with Gasteiger partial charge in [-0.05, 0) is 18.6 Å². The lowest BCUT2D eigenvalue weighted by molar-refractivity contribution is -0.181. The summed E-state index contributed by atoms with van der Waals surface area (Å²) in [6.07, 6.45) is 9.41. The highest BCUT2D eigenvalue weighted by molar-refractivity contribution is 6.14. The van der Waals surface area contributed by atoms with Crippen molar-refractivity contribution in [3.8, 4) is 0 Å². The molecule has 77 heavy (non-hydrogen) atoms. The number of aliphatic imine (C=N–C) groups is 1. The van der Waals surface area contributed by atoms with Crippen LogP contribution < -0.4 is 21.7 Å². The second-order valence-electron chi connectivity index (χ2n) is 16.0. The summed E-state index contributed by atoms with van der Waals surface area (Å²) in [5, 5.41) is 9.05. The highest BCUT2D eigenvalue weighted by atomic mass is 16.7. The minimum absolute atomic E-state index is 0.0130. The van der Waals surface area contributed by atoms with Crippen LogP contribution in [0.3, 0.4) is 0 Å². The summed E-state index contributed by atoms with van der Waals surface area (Å²) in [6, 6.07) is 1.53. The first-order chi connectivity index (χ1) is 37.6. The van der Waals surface area contributed by atoms with Gasteiger partial charge < -0.3 is 73.8 Å². The number of carbonyl (C=O) groups is 6. The van der Waals surface area contributed by atoms with Gasteiger partial charge in [0.15, 0.2) is 0 Å². The maximum absolute atomic E-state index is 13.5. The van der Waals surface area contributed by atoms with Crippen LogP contribution in [-0.2, 0) is 76.1 Å². The number of carbonyl (C=O) groups excluding carboxylic acids is 6. The lowest BCUT2D eigenvalue weighted by Gasteiger charge is -2.22. The van der Waals surface area contributed by atoms with Gasteiger partial charge in [0.05, 0.1) is 174 Å². The van der Waals surface area contributed by atoms with Crippen LogP contribution in [0.25, 0.3) is 6.08 Å². The van der Waals surface area contributed by atoms with E-state index >= 15 is 0 Å². The monoisotopic (exact) mass is 1090 g/mol. The number of hydroxylamine groups is 2. The molecule has 28 heteroatoms. The predicted octanol–water partition coefficient (Wildman–Crippen LogP) is 0.00330. The zero-order valence-corrected chi connectivity index (χ0v) is 43.5. The van der Waals surface area contributed by atoms with Crippen LogP contribution in [0.15, 0.2) is 53.7 Å². The van der Waals surface area contributed by atoms with E-state index < -0.39 is 35.6 Å². The molecular weight excluding hydrogens is 1020 g/mol. The summed E-state index contributed by atoms with van der Waals surface area (Å²) in [4.78, 5) is 96.3. The van der Waals surface area contributed by atoms with Crippen molar-refractivity contribution < 1.29 is 85.7 Å². The highest BCUT2D eigenvalue weighted by Gasteiger charge is 2.26. The van der Waals surface area contributed by atoms with Crippen molar-refractivity contribution in [2.75, 3.05) is 177 Å². The van der Waals surface area contributed by atoms with Crippen molar-refractivity contribution in [1.29, 1.82) is 0 Å². The first kappa shape index (κ1) is 63.1. The van der Waals surface area contributed by atoms with Gasteiger partial charge in [-0.2, -0.15) is 0 Å². The number of ether oxygens (including phenoxy) is 11.